The molecule has 18 heavy (non-hydrogen) atoms. The van der Waals surface area contributed by atoms with Gasteiger partial charge in [-0.25, -0.2) is 4.39 Å². The molecule has 0 aliphatic heterocycles. The van der Waals surface area contributed by atoms with Crippen molar-refractivity contribution in [1.29, 1.82) is 0 Å². The number of ether oxygens (including phenoxy) is 1. The Hall–Kier alpha value is -0.960. The number of benzene rings is 1. The summed E-state index contributed by atoms with van der Waals surface area (Å²) in [6.45, 7) is 4.65. The van der Waals surface area contributed by atoms with Crippen LogP contribution in [0.4, 0.5) is 15.8 Å². The van der Waals surface area contributed by atoms with Gasteiger partial charge in [-0.05, 0) is 36.4 Å². The van der Waals surface area contributed by atoms with Crippen molar-refractivity contribution in [2.75, 3.05) is 18.5 Å². The first-order chi connectivity index (χ1) is 8.45. The van der Waals surface area contributed by atoms with E-state index in [0.29, 0.717) is 13.2 Å². The third-order valence-electron chi connectivity index (χ3n) is 2.27. The van der Waals surface area contributed by atoms with Crippen molar-refractivity contribution in [3.8, 4) is 0 Å². The van der Waals surface area contributed by atoms with Crippen molar-refractivity contribution >= 4 is 34.0 Å². The number of nitrogens with one attached hydrogen (secondary N) is 1. The zero-order valence-electron chi connectivity index (χ0n) is 10.1. The van der Waals surface area contributed by atoms with Gasteiger partial charge in [0.2, 0.25) is 0 Å². The van der Waals surface area contributed by atoms with Crippen LogP contribution in [0.1, 0.15) is 13.8 Å². The smallest absolute Gasteiger partial charge is 0.293 e. The molecule has 0 aliphatic rings. The summed E-state index contributed by atoms with van der Waals surface area (Å²) in [6.07, 6.45) is -0.100. The van der Waals surface area contributed by atoms with Crippen molar-refractivity contribution in [2.45, 2.75) is 20.0 Å². The lowest BCUT2D eigenvalue weighted by Crippen LogP contribution is -2.20. The van der Waals surface area contributed by atoms with Crippen molar-refractivity contribution < 1.29 is 14.1 Å². The molecule has 0 aromatic heterocycles. The van der Waals surface area contributed by atoms with Gasteiger partial charge in [-0.1, -0.05) is 0 Å². The number of halogens is 2. The highest BCUT2D eigenvalue weighted by molar-refractivity contribution is 14.1. The molecule has 0 spiro atoms. The molecule has 0 fully saturated rings. The zero-order chi connectivity index (χ0) is 13.7. The van der Waals surface area contributed by atoms with Gasteiger partial charge >= 0.3 is 0 Å². The predicted octanol–water partition coefficient (Wildman–Crippen LogP) is 3.18. The van der Waals surface area contributed by atoms with Gasteiger partial charge in [-0.2, -0.15) is 0 Å². The highest BCUT2D eigenvalue weighted by atomic mass is 127. The molecule has 0 saturated heterocycles. The van der Waals surface area contributed by atoms with E-state index < -0.39 is 10.7 Å². The molecule has 1 unspecified atom stereocenters. The number of nitro benzene ring substituents is 1. The van der Waals surface area contributed by atoms with Gasteiger partial charge in [0.25, 0.3) is 5.69 Å². The van der Waals surface area contributed by atoms with Gasteiger partial charge in [-0.15, -0.1) is 0 Å². The minimum Gasteiger partial charge on any atom is -0.377 e. The number of hydrogen-bond donors (Lipinski definition) is 1. The largest absolute Gasteiger partial charge is 0.377 e. The number of anilines is 1. The number of rotatable bonds is 6. The highest BCUT2D eigenvalue weighted by Gasteiger charge is 2.17. The van der Waals surface area contributed by atoms with Crippen LogP contribution in [0.2, 0.25) is 0 Å². The average Bonchev–Trinajstić information content (AvgIpc) is 2.30. The first-order valence-corrected chi connectivity index (χ1v) is 6.52. The van der Waals surface area contributed by atoms with Crippen LogP contribution in [0.25, 0.3) is 0 Å². The molecule has 1 atom stereocenters. The Kier molecular flexibility index (Phi) is 5.73. The summed E-state index contributed by atoms with van der Waals surface area (Å²) in [5.74, 6) is -0.479. The molecule has 5 nitrogen and oxygen atoms in total. The zero-order valence-corrected chi connectivity index (χ0v) is 12.2. The van der Waals surface area contributed by atoms with Gasteiger partial charge in [-0.3, -0.25) is 10.1 Å². The van der Waals surface area contributed by atoms with Crippen molar-refractivity contribution in [3.05, 3.63) is 31.6 Å². The average molecular weight is 368 g/mol. The predicted molar refractivity (Wildman–Crippen MR) is 75.3 cm³/mol. The maximum Gasteiger partial charge on any atom is 0.293 e. The molecule has 1 aromatic rings. The second-order valence-electron chi connectivity index (χ2n) is 3.69. The minimum atomic E-state index is -0.532. The van der Waals surface area contributed by atoms with Gasteiger partial charge in [0.1, 0.15) is 11.5 Å². The summed E-state index contributed by atoms with van der Waals surface area (Å²) in [5.41, 5.74) is 0.0361. The SMILES string of the molecule is CCOC(C)CNc1cc(F)c(I)cc1[N+](=O)[O-]. The normalized spacial score (nSPS) is 12.2. The van der Waals surface area contributed by atoms with Crippen LogP contribution in [0.3, 0.4) is 0 Å². The van der Waals surface area contributed by atoms with Crippen LogP contribution in [-0.2, 0) is 4.74 Å². The number of hydrogen-bond acceptors (Lipinski definition) is 4. The summed E-state index contributed by atoms with van der Waals surface area (Å²) in [5, 5.41) is 13.7. The molecular weight excluding hydrogens is 354 g/mol. The van der Waals surface area contributed by atoms with E-state index in [4.69, 9.17) is 4.74 Å². The lowest BCUT2D eigenvalue weighted by atomic mass is 10.2. The third kappa shape index (κ3) is 4.05. The van der Waals surface area contributed by atoms with Crippen LogP contribution in [0.15, 0.2) is 12.1 Å². The van der Waals surface area contributed by atoms with E-state index >= 15 is 0 Å². The molecule has 0 bridgehead atoms. The summed E-state index contributed by atoms with van der Waals surface area (Å²) < 4.78 is 18.9. The molecule has 1 N–H and O–H groups in total. The molecule has 0 amide bonds. The Labute approximate surface area is 118 Å². The summed E-state index contributed by atoms with van der Waals surface area (Å²) in [7, 11) is 0. The Morgan fingerprint density at radius 2 is 2.28 bits per heavy atom. The Bertz CT molecular complexity index is 443. The fourth-order valence-electron chi connectivity index (χ4n) is 1.43. The first kappa shape index (κ1) is 15.1. The topological polar surface area (TPSA) is 64.4 Å². The fourth-order valence-corrected chi connectivity index (χ4v) is 1.88. The van der Waals surface area contributed by atoms with Crippen molar-refractivity contribution in [3.63, 3.8) is 0 Å². The highest BCUT2D eigenvalue weighted by Crippen LogP contribution is 2.28. The van der Waals surface area contributed by atoms with Crippen LogP contribution < -0.4 is 5.32 Å². The lowest BCUT2D eigenvalue weighted by Gasteiger charge is -2.13. The standard InChI is InChI=1S/C11H14FIN2O3/c1-3-18-7(2)6-14-10-4-8(12)9(13)5-11(10)15(16)17/h4-5,7,14H,3,6H2,1-2H3. The second kappa shape index (κ2) is 6.83. The molecule has 0 radical (unpaired) electrons. The molecule has 100 valence electrons. The van der Waals surface area contributed by atoms with E-state index in [-0.39, 0.29) is 21.0 Å². The monoisotopic (exact) mass is 368 g/mol. The fraction of sp³-hybridized carbons (Fsp3) is 0.455. The van der Waals surface area contributed by atoms with E-state index in [0.717, 1.165) is 6.07 Å². The number of nitro groups is 1. The molecule has 0 heterocycles. The molecule has 0 aliphatic carbocycles. The van der Waals surface area contributed by atoms with Crippen LogP contribution in [-0.4, -0.2) is 24.2 Å². The first-order valence-electron chi connectivity index (χ1n) is 5.44. The van der Waals surface area contributed by atoms with E-state index in [2.05, 4.69) is 5.32 Å². The molecule has 7 heteroatoms. The van der Waals surface area contributed by atoms with Crippen molar-refractivity contribution in [1.82, 2.24) is 0 Å². The molecular formula is C11H14FIN2O3. The number of nitrogens with zero attached hydrogens (tertiary/aromatic N) is 1. The quantitative estimate of drug-likeness (QED) is 0.476. The Morgan fingerprint density at radius 1 is 1.61 bits per heavy atom. The van der Waals surface area contributed by atoms with Crippen molar-refractivity contribution in [2.24, 2.45) is 0 Å². The van der Waals surface area contributed by atoms with E-state index in [1.165, 1.54) is 6.07 Å². The van der Waals surface area contributed by atoms with E-state index in [1.807, 2.05) is 13.8 Å². The summed E-state index contributed by atoms with van der Waals surface area (Å²) in [4.78, 5) is 10.3. The van der Waals surface area contributed by atoms with Gasteiger partial charge in [0.15, 0.2) is 0 Å². The van der Waals surface area contributed by atoms with E-state index in [1.54, 1.807) is 22.6 Å². The second-order valence-corrected chi connectivity index (χ2v) is 4.85. The van der Waals surface area contributed by atoms with E-state index in [9.17, 15) is 14.5 Å². The van der Waals surface area contributed by atoms with Crippen LogP contribution in [0.5, 0.6) is 0 Å². The molecule has 0 saturated carbocycles. The Morgan fingerprint density at radius 3 is 2.83 bits per heavy atom. The third-order valence-corrected chi connectivity index (χ3v) is 3.09. The summed E-state index contributed by atoms with van der Waals surface area (Å²) in [6, 6.07) is 2.35. The minimum absolute atomic E-state index is 0.100. The van der Waals surface area contributed by atoms with Crippen LogP contribution >= 0.6 is 22.6 Å². The molecule has 1 aromatic carbocycles. The van der Waals surface area contributed by atoms with Gasteiger partial charge in [0, 0.05) is 25.3 Å². The van der Waals surface area contributed by atoms with Gasteiger partial charge < -0.3 is 10.1 Å². The molecule has 1 rings (SSSR count). The van der Waals surface area contributed by atoms with Crippen LogP contribution in [0, 0.1) is 19.5 Å². The lowest BCUT2D eigenvalue weighted by molar-refractivity contribution is -0.384. The summed E-state index contributed by atoms with van der Waals surface area (Å²) >= 11 is 1.72. The maximum absolute atomic E-state index is 13.4. The Balaban J connectivity index is 2.86. The van der Waals surface area contributed by atoms with Gasteiger partial charge in [0.05, 0.1) is 14.6 Å². The maximum atomic E-state index is 13.4.